The zero-order valence-electron chi connectivity index (χ0n) is 12.1. The van der Waals surface area contributed by atoms with Crippen molar-refractivity contribution in [3.63, 3.8) is 0 Å². The summed E-state index contributed by atoms with van der Waals surface area (Å²) in [4.78, 5) is 0. The molecule has 1 N–H and O–H groups in total. The number of nitrogens with zero attached hydrogens (tertiary/aromatic N) is 1. The molecule has 6 heteroatoms. The van der Waals surface area contributed by atoms with Crippen molar-refractivity contribution in [1.82, 2.24) is 9.03 Å². The van der Waals surface area contributed by atoms with Gasteiger partial charge in [-0.1, -0.05) is 36.4 Å². The third-order valence-corrected chi connectivity index (χ3v) is 5.12. The van der Waals surface area contributed by atoms with E-state index in [9.17, 15) is 8.42 Å². The van der Waals surface area contributed by atoms with E-state index in [0.717, 1.165) is 12.0 Å². The third-order valence-electron chi connectivity index (χ3n) is 3.54. The lowest BCUT2D eigenvalue weighted by Gasteiger charge is -2.27. The van der Waals surface area contributed by atoms with Crippen molar-refractivity contribution in [3.05, 3.63) is 48.6 Å². The molecular formula is C15H22N2O3S. The Morgan fingerprint density at radius 3 is 2.57 bits per heavy atom. The van der Waals surface area contributed by atoms with Gasteiger partial charge in [0.15, 0.2) is 0 Å². The first-order valence-corrected chi connectivity index (χ1v) is 8.56. The Kier molecular flexibility index (Phi) is 5.93. The topological polar surface area (TPSA) is 58.6 Å². The summed E-state index contributed by atoms with van der Waals surface area (Å²) in [6.07, 6.45) is 2.55. The van der Waals surface area contributed by atoms with E-state index in [2.05, 4.69) is 11.3 Å². The summed E-state index contributed by atoms with van der Waals surface area (Å²) < 4.78 is 33.8. The van der Waals surface area contributed by atoms with Gasteiger partial charge in [0, 0.05) is 25.6 Å². The van der Waals surface area contributed by atoms with Crippen LogP contribution in [-0.2, 0) is 14.9 Å². The van der Waals surface area contributed by atoms with Crippen LogP contribution in [0.15, 0.2) is 43.0 Å². The number of hydrogen-bond acceptors (Lipinski definition) is 3. The number of allylic oxidation sites excluding steroid dienone is 1. The summed E-state index contributed by atoms with van der Waals surface area (Å²) >= 11 is 0. The number of rotatable bonds is 7. The molecule has 0 saturated carbocycles. The normalized spacial score (nSPS) is 18.3. The van der Waals surface area contributed by atoms with Crippen LogP contribution in [-0.4, -0.2) is 45.6 Å². The van der Waals surface area contributed by atoms with E-state index in [-0.39, 0.29) is 5.92 Å². The lowest BCUT2D eigenvalue weighted by atomic mass is 9.96. The Hall–Kier alpha value is -1.21. The van der Waals surface area contributed by atoms with Crippen molar-refractivity contribution in [2.75, 3.05) is 32.8 Å². The predicted octanol–water partition coefficient (Wildman–Crippen LogP) is 1.51. The van der Waals surface area contributed by atoms with Gasteiger partial charge in [0.2, 0.25) is 0 Å². The largest absolute Gasteiger partial charge is 0.379 e. The minimum absolute atomic E-state index is 0.0968. The van der Waals surface area contributed by atoms with Gasteiger partial charge in [-0.05, 0) is 12.0 Å². The molecule has 1 aliphatic rings. The van der Waals surface area contributed by atoms with Crippen molar-refractivity contribution < 1.29 is 13.2 Å². The van der Waals surface area contributed by atoms with Gasteiger partial charge < -0.3 is 4.74 Å². The van der Waals surface area contributed by atoms with E-state index in [4.69, 9.17) is 4.74 Å². The average Bonchev–Trinajstić information content (AvgIpc) is 2.53. The molecular weight excluding hydrogens is 288 g/mol. The average molecular weight is 310 g/mol. The highest BCUT2D eigenvalue weighted by Gasteiger charge is 2.24. The Morgan fingerprint density at radius 1 is 1.29 bits per heavy atom. The molecule has 0 amide bonds. The van der Waals surface area contributed by atoms with E-state index in [0.29, 0.717) is 32.8 Å². The van der Waals surface area contributed by atoms with Crippen LogP contribution in [0.5, 0.6) is 0 Å². The fraction of sp³-hybridized carbons (Fsp3) is 0.467. The minimum atomic E-state index is -3.44. The van der Waals surface area contributed by atoms with Gasteiger partial charge in [0.1, 0.15) is 0 Å². The highest BCUT2D eigenvalue weighted by molar-refractivity contribution is 7.87. The molecule has 5 nitrogen and oxygen atoms in total. The van der Waals surface area contributed by atoms with Gasteiger partial charge in [-0.3, -0.25) is 0 Å². The molecule has 0 spiro atoms. The maximum atomic E-state index is 12.3. The molecule has 0 bridgehead atoms. The first kappa shape index (κ1) is 16.2. The maximum absolute atomic E-state index is 12.3. The van der Waals surface area contributed by atoms with Gasteiger partial charge >= 0.3 is 0 Å². The molecule has 0 radical (unpaired) electrons. The van der Waals surface area contributed by atoms with Crippen molar-refractivity contribution in [3.8, 4) is 0 Å². The summed E-state index contributed by atoms with van der Waals surface area (Å²) in [6.45, 7) is 5.85. The third kappa shape index (κ3) is 4.64. The molecule has 1 unspecified atom stereocenters. The lowest BCUT2D eigenvalue weighted by Crippen LogP contribution is -2.47. The number of hydrogen-bond donors (Lipinski definition) is 1. The molecule has 0 aliphatic carbocycles. The molecule has 2 rings (SSSR count). The predicted molar refractivity (Wildman–Crippen MR) is 83.3 cm³/mol. The quantitative estimate of drug-likeness (QED) is 0.777. The van der Waals surface area contributed by atoms with E-state index < -0.39 is 10.2 Å². The van der Waals surface area contributed by atoms with Crippen LogP contribution >= 0.6 is 0 Å². The maximum Gasteiger partial charge on any atom is 0.279 e. The van der Waals surface area contributed by atoms with Gasteiger partial charge in [0.25, 0.3) is 10.2 Å². The van der Waals surface area contributed by atoms with E-state index in [1.54, 1.807) is 0 Å². The Balaban J connectivity index is 1.99. The zero-order valence-corrected chi connectivity index (χ0v) is 12.9. The summed E-state index contributed by atoms with van der Waals surface area (Å²) in [6, 6.07) is 9.89. The molecule has 1 fully saturated rings. The van der Waals surface area contributed by atoms with E-state index in [1.807, 2.05) is 36.4 Å². The molecule has 0 aromatic heterocycles. The first-order valence-electron chi connectivity index (χ1n) is 7.12. The highest BCUT2D eigenvalue weighted by atomic mass is 32.2. The van der Waals surface area contributed by atoms with Crippen molar-refractivity contribution >= 4 is 10.2 Å². The lowest BCUT2D eigenvalue weighted by molar-refractivity contribution is 0.0725. The summed E-state index contributed by atoms with van der Waals surface area (Å²) in [7, 11) is -3.44. The smallest absolute Gasteiger partial charge is 0.279 e. The van der Waals surface area contributed by atoms with E-state index >= 15 is 0 Å². The van der Waals surface area contributed by atoms with Gasteiger partial charge in [-0.25, -0.2) is 4.72 Å². The van der Waals surface area contributed by atoms with Crippen LogP contribution in [0.25, 0.3) is 0 Å². The highest BCUT2D eigenvalue weighted by Crippen LogP contribution is 2.19. The van der Waals surface area contributed by atoms with Crippen LogP contribution < -0.4 is 4.72 Å². The second-order valence-electron chi connectivity index (χ2n) is 5.00. The standard InChI is InChI=1S/C15H22N2O3S/c1-2-6-15(14-7-4-3-5-8-14)13-16-21(18,19)17-9-11-20-12-10-17/h2-5,7-8,15-16H,1,6,9-13H2. The monoisotopic (exact) mass is 310 g/mol. The molecule has 1 aromatic rings. The number of morpholine rings is 1. The van der Waals surface area contributed by atoms with Crippen molar-refractivity contribution in [1.29, 1.82) is 0 Å². The van der Waals surface area contributed by atoms with Crippen LogP contribution in [0.1, 0.15) is 17.9 Å². The SMILES string of the molecule is C=CCC(CNS(=O)(=O)N1CCOCC1)c1ccccc1. The summed E-state index contributed by atoms with van der Waals surface area (Å²) in [5, 5.41) is 0. The first-order chi connectivity index (χ1) is 10.1. The van der Waals surface area contributed by atoms with Crippen LogP contribution in [0.2, 0.25) is 0 Å². The van der Waals surface area contributed by atoms with Crippen LogP contribution in [0.3, 0.4) is 0 Å². The number of benzene rings is 1. The molecule has 21 heavy (non-hydrogen) atoms. The molecule has 1 saturated heterocycles. The number of nitrogens with one attached hydrogen (secondary N) is 1. The Labute approximate surface area is 126 Å². The molecule has 1 aromatic carbocycles. The Bertz CT molecular complexity index is 539. The molecule has 1 heterocycles. The summed E-state index contributed by atoms with van der Waals surface area (Å²) in [5.74, 6) is 0.0968. The minimum Gasteiger partial charge on any atom is -0.379 e. The zero-order chi connectivity index (χ0) is 15.1. The molecule has 116 valence electrons. The molecule has 1 aliphatic heterocycles. The second kappa shape index (κ2) is 7.70. The Morgan fingerprint density at radius 2 is 1.95 bits per heavy atom. The van der Waals surface area contributed by atoms with Gasteiger partial charge in [-0.15, -0.1) is 6.58 Å². The molecule has 1 atom stereocenters. The van der Waals surface area contributed by atoms with Gasteiger partial charge in [-0.2, -0.15) is 12.7 Å². The second-order valence-corrected chi connectivity index (χ2v) is 6.75. The van der Waals surface area contributed by atoms with E-state index in [1.165, 1.54) is 4.31 Å². The summed E-state index contributed by atoms with van der Waals surface area (Å²) in [5.41, 5.74) is 1.11. The van der Waals surface area contributed by atoms with Crippen LogP contribution in [0, 0.1) is 0 Å². The fourth-order valence-electron chi connectivity index (χ4n) is 2.35. The fourth-order valence-corrected chi connectivity index (χ4v) is 3.57. The van der Waals surface area contributed by atoms with Crippen molar-refractivity contribution in [2.24, 2.45) is 0 Å². The van der Waals surface area contributed by atoms with Crippen LogP contribution in [0.4, 0.5) is 0 Å². The van der Waals surface area contributed by atoms with Gasteiger partial charge in [0.05, 0.1) is 13.2 Å². The number of ether oxygens (including phenoxy) is 1. The van der Waals surface area contributed by atoms with Crippen molar-refractivity contribution in [2.45, 2.75) is 12.3 Å².